The van der Waals surface area contributed by atoms with Crippen molar-refractivity contribution in [2.75, 3.05) is 53.4 Å². The Labute approximate surface area is 194 Å². The lowest BCUT2D eigenvalue weighted by molar-refractivity contribution is -0.114. The number of amides is 1. The van der Waals surface area contributed by atoms with Crippen molar-refractivity contribution in [3.05, 3.63) is 47.5 Å². The van der Waals surface area contributed by atoms with Crippen LogP contribution in [0.25, 0.3) is 16.3 Å². The summed E-state index contributed by atoms with van der Waals surface area (Å²) in [6, 6.07) is 5.42. The first-order chi connectivity index (χ1) is 15.8. The summed E-state index contributed by atoms with van der Waals surface area (Å²) in [6.07, 6.45) is 3.00. The normalized spacial score (nSPS) is 11.4. The summed E-state index contributed by atoms with van der Waals surface area (Å²) in [5, 5.41) is 0.288. The number of aromatic nitrogens is 1. The van der Waals surface area contributed by atoms with E-state index in [2.05, 4.69) is 4.98 Å². The Kier molecular flexibility index (Phi) is 7.83. The lowest BCUT2D eigenvalue weighted by Crippen LogP contribution is -2.35. The number of carbonyl (C=O) groups excluding carboxylic acids is 1. The fourth-order valence-electron chi connectivity index (χ4n) is 3.12. The zero-order valence-electron chi connectivity index (χ0n) is 19.0. The van der Waals surface area contributed by atoms with Crippen LogP contribution in [0.2, 0.25) is 0 Å². The summed E-state index contributed by atoms with van der Waals surface area (Å²) in [7, 11) is 8.28. The van der Waals surface area contributed by atoms with Gasteiger partial charge in [-0.15, -0.1) is 0 Å². The van der Waals surface area contributed by atoms with Crippen molar-refractivity contribution in [2.45, 2.75) is 0 Å². The Morgan fingerprint density at radius 1 is 1.03 bits per heavy atom. The van der Waals surface area contributed by atoms with Crippen LogP contribution in [0.3, 0.4) is 0 Å². The molecule has 1 amide bonds. The van der Waals surface area contributed by atoms with Gasteiger partial charge in [0.25, 0.3) is 5.91 Å². The maximum absolute atomic E-state index is 14.2. The maximum atomic E-state index is 14.2. The number of rotatable bonds is 9. The molecule has 0 aliphatic rings. The standard InChI is InChI=1S/C23H25F2N3O4S/c1-27(2)8-9-28(23-26-21-16(25)12-15(24)13-19(21)33-23)20(29)7-6-14-10-17(30-3)22(32-5)18(11-14)31-4/h6-7,10-13H,8-9H2,1-5H3/b7-6+. The molecule has 0 radical (unpaired) electrons. The molecule has 3 aromatic rings. The molecule has 3 rings (SSSR count). The van der Waals surface area contributed by atoms with Crippen LogP contribution in [-0.2, 0) is 4.79 Å². The highest BCUT2D eigenvalue weighted by Gasteiger charge is 2.20. The Morgan fingerprint density at radius 3 is 2.27 bits per heavy atom. The first-order valence-electron chi connectivity index (χ1n) is 9.97. The van der Waals surface area contributed by atoms with Gasteiger partial charge in [0.2, 0.25) is 5.75 Å². The van der Waals surface area contributed by atoms with Crippen LogP contribution in [0.4, 0.5) is 13.9 Å². The predicted molar refractivity (Wildman–Crippen MR) is 126 cm³/mol. The van der Waals surface area contributed by atoms with E-state index in [-0.39, 0.29) is 16.6 Å². The van der Waals surface area contributed by atoms with E-state index in [0.29, 0.717) is 40.6 Å². The van der Waals surface area contributed by atoms with E-state index in [0.717, 1.165) is 17.4 Å². The van der Waals surface area contributed by atoms with Crippen LogP contribution in [0.15, 0.2) is 30.3 Å². The summed E-state index contributed by atoms with van der Waals surface area (Å²) in [4.78, 5) is 20.7. The van der Waals surface area contributed by atoms with Crippen molar-refractivity contribution in [3.63, 3.8) is 0 Å². The third-order valence-corrected chi connectivity index (χ3v) is 5.80. The molecule has 2 aromatic carbocycles. The first-order valence-corrected chi connectivity index (χ1v) is 10.8. The van der Waals surface area contributed by atoms with Crippen LogP contribution < -0.4 is 19.1 Å². The van der Waals surface area contributed by atoms with E-state index in [9.17, 15) is 13.6 Å². The van der Waals surface area contributed by atoms with Crippen LogP contribution in [-0.4, -0.2) is 64.3 Å². The number of fused-ring (bicyclic) bond motifs is 1. The molecular formula is C23H25F2N3O4S. The Balaban J connectivity index is 1.95. The molecule has 0 bridgehead atoms. The average molecular weight is 478 g/mol. The van der Waals surface area contributed by atoms with Gasteiger partial charge in [0.1, 0.15) is 11.3 Å². The Morgan fingerprint density at radius 2 is 1.70 bits per heavy atom. The SMILES string of the molecule is COc1cc(/C=C/C(=O)N(CCN(C)C)c2nc3c(F)cc(F)cc3s2)cc(OC)c1OC. The number of halogens is 2. The molecule has 0 N–H and O–H groups in total. The second-order valence-electron chi connectivity index (χ2n) is 7.32. The number of carbonyl (C=O) groups is 1. The van der Waals surface area contributed by atoms with E-state index in [1.807, 2.05) is 19.0 Å². The van der Waals surface area contributed by atoms with Gasteiger partial charge in [0.05, 0.1) is 26.0 Å². The molecular weight excluding hydrogens is 452 g/mol. The van der Waals surface area contributed by atoms with E-state index in [1.54, 1.807) is 18.2 Å². The van der Waals surface area contributed by atoms with Crippen LogP contribution in [0, 0.1) is 11.6 Å². The van der Waals surface area contributed by atoms with E-state index in [4.69, 9.17) is 14.2 Å². The van der Waals surface area contributed by atoms with E-state index >= 15 is 0 Å². The van der Waals surface area contributed by atoms with Crippen molar-refractivity contribution >= 4 is 38.7 Å². The Bertz CT molecular complexity index is 1150. The zero-order chi connectivity index (χ0) is 24.1. The number of anilines is 1. The maximum Gasteiger partial charge on any atom is 0.252 e. The molecule has 0 fully saturated rings. The van der Waals surface area contributed by atoms with Gasteiger partial charge < -0.3 is 19.1 Å². The highest BCUT2D eigenvalue weighted by atomic mass is 32.1. The van der Waals surface area contributed by atoms with E-state index in [1.165, 1.54) is 38.4 Å². The smallest absolute Gasteiger partial charge is 0.252 e. The minimum absolute atomic E-state index is 0.0349. The molecule has 0 spiro atoms. The van der Waals surface area contributed by atoms with Gasteiger partial charge in [-0.1, -0.05) is 11.3 Å². The topological polar surface area (TPSA) is 64.1 Å². The molecule has 176 valence electrons. The lowest BCUT2D eigenvalue weighted by atomic mass is 10.1. The van der Waals surface area contributed by atoms with Crippen molar-refractivity contribution in [3.8, 4) is 17.2 Å². The van der Waals surface area contributed by atoms with Gasteiger partial charge >= 0.3 is 0 Å². The summed E-state index contributed by atoms with van der Waals surface area (Å²) >= 11 is 1.06. The minimum atomic E-state index is -0.763. The lowest BCUT2D eigenvalue weighted by Gasteiger charge is -2.20. The van der Waals surface area contributed by atoms with Gasteiger partial charge in [-0.2, -0.15) is 0 Å². The fraction of sp³-hybridized carbons (Fsp3) is 0.304. The van der Waals surface area contributed by atoms with Gasteiger partial charge in [0.15, 0.2) is 22.4 Å². The first kappa shape index (κ1) is 24.4. The molecule has 0 atom stereocenters. The molecule has 7 nitrogen and oxygen atoms in total. The summed E-state index contributed by atoms with van der Waals surface area (Å²) in [5.41, 5.74) is 0.690. The van der Waals surface area contributed by atoms with Gasteiger partial charge in [-0.25, -0.2) is 13.8 Å². The van der Waals surface area contributed by atoms with Crippen molar-refractivity contribution in [1.29, 1.82) is 0 Å². The summed E-state index contributed by atoms with van der Waals surface area (Å²) < 4.78 is 44.1. The monoisotopic (exact) mass is 477 g/mol. The molecule has 33 heavy (non-hydrogen) atoms. The number of nitrogens with zero attached hydrogens (tertiary/aromatic N) is 3. The second kappa shape index (κ2) is 10.6. The highest BCUT2D eigenvalue weighted by Crippen LogP contribution is 2.38. The van der Waals surface area contributed by atoms with Gasteiger partial charge in [-0.3, -0.25) is 9.69 Å². The molecule has 0 aliphatic carbocycles. The summed E-state index contributed by atoms with van der Waals surface area (Å²) in [6.45, 7) is 0.867. The predicted octanol–water partition coefficient (Wildman–Crippen LogP) is 4.21. The van der Waals surface area contributed by atoms with Gasteiger partial charge in [-0.05, 0) is 43.9 Å². The number of hydrogen-bond acceptors (Lipinski definition) is 7. The highest BCUT2D eigenvalue weighted by molar-refractivity contribution is 7.22. The Hall–Kier alpha value is -3.24. The zero-order valence-corrected chi connectivity index (χ0v) is 19.8. The summed E-state index contributed by atoms with van der Waals surface area (Å²) in [5.74, 6) is -0.455. The average Bonchev–Trinajstić information content (AvgIpc) is 3.20. The third-order valence-electron chi connectivity index (χ3n) is 4.78. The molecule has 0 saturated carbocycles. The van der Waals surface area contributed by atoms with Crippen LogP contribution in [0.5, 0.6) is 17.2 Å². The third kappa shape index (κ3) is 5.58. The molecule has 1 aromatic heterocycles. The van der Waals surface area contributed by atoms with Crippen molar-refractivity contribution < 1.29 is 27.8 Å². The number of benzene rings is 2. The quantitative estimate of drug-likeness (QED) is 0.431. The second-order valence-corrected chi connectivity index (χ2v) is 8.33. The number of likely N-dealkylation sites (N-methyl/N-ethyl adjacent to an activating group) is 1. The number of thiazole rings is 1. The van der Waals surface area contributed by atoms with Crippen molar-refractivity contribution in [1.82, 2.24) is 9.88 Å². The molecule has 0 unspecified atom stereocenters. The largest absolute Gasteiger partial charge is 0.493 e. The fourth-order valence-corrected chi connectivity index (χ4v) is 4.15. The van der Waals surface area contributed by atoms with Crippen LogP contribution in [0.1, 0.15) is 5.56 Å². The van der Waals surface area contributed by atoms with E-state index < -0.39 is 11.6 Å². The molecule has 0 saturated heterocycles. The van der Waals surface area contributed by atoms with Crippen LogP contribution >= 0.6 is 11.3 Å². The number of methoxy groups -OCH3 is 3. The molecule has 0 aliphatic heterocycles. The number of ether oxygens (including phenoxy) is 3. The minimum Gasteiger partial charge on any atom is -0.493 e. The van der Waals surface area contributed by atoms with Crippen molar-refractivity contribution in [2.24, 2.45) is 0 Å². The molecule has 1 heterocycles. The van der Waals surface area contributed by atoms with Gasteiger partial charge in [0, 0.05) is 25.2 Å². The number of hydrogen-bond donors (Lipinski definition) is 0. The molecule has 10 heteroatoms.